The highest BCUT2D eigenvalue weighted by Crippen LogP contribution is 2.32. The van der Waals surface area contributed by atoms with Crippen molar-refractivity contribution in [1.82, 2.24) is 5.32 Å². The topological polar surface area (TPSA) is 49.3 Å². The molecule has 0 radical (unpaired) electrons. The lowest BCUT2D eigenvalue weighted by atomic mass is 9.76. The molecular formula is C13H17NO2S. The van der Waals surface area contributed by atoms with E-state index in [1.54, 1.807) is 11.8 Å². The van der Waals surface area contributed by atoms with Crippen molar-refractivity contribution in [2.75, 3.05) is 6.26 Å². The van der Waals surface area contributed by atoms with E-state index in [0.717, 1.165) is 24.8 Å². The molecule has 92 valence electrons. The predicted molar refractivity (Wildman–Crippen MR) is 69.3 cm³/mol. The Balaban J connectivity index is 1.94. The molecule has 0 spiro atoms. The van der Waals surface area contributed by atoms with Crippen LogP contribution in [0.1, 0.15) is 24.8 Å². The van der Waals surface area contributed by atoms with Crippen LogP contribution in [0, 0.1) is 0 Å². The van der Waals surface area contributed by atoms with Crippen LogP contribution in [0.15, 0.2) is 29.2 Å². The standard InChI is InChI=1S/C13H17NO2S/c1-17-11-5-3-10(4-6-11)9-14-13(12(15)16)7-2-8-13/h3-6,14H,2,7-9H2,1H3,(H,15,16). The molecule has 1 aromatic rings. The van der Waals surface area contributed by atoms with Gasteiger partial charge in [-0.1, -0.05) is 12.1 Å². The summed E-state index contributed by atoms with van der Waals surface area (Å²) < 4.78 is 0. The van der Waals surface area contributed by atoms with E-state index in [4.69, 9.17) is 0 Å². The van der Waals surface area contributed by atoms with Crippen molar-refractivity contribution in [3.8, 4) is 0 Å². The van der Waals surface area contributed by atoms with Gasteiger partial charge in [-0.25, -0.2) is 0 Å². The number of carboxylic acid groups (broad SMARTS) is 1. The number of rotatable bonds is 5. The minimum absolute atomic E-state index is 0.626. The van der Waals surface area contributed by atoms with E-state index in [-0.39, 0.29) is 0 Å². The van der Waals surface area contributed by atoms with Crippen molar-refractivity contribution in [2.24, 2.45) is 0 Å². The van der Waals surface area contributed by atoms with Gasteiger partial charge in [0.25, 0.3) is 0 Å². The highest BCUT2D eigenvalue weighted by Gasteiger charge is 2.43. The molecule has 1 aliphatic rings. The number of carboxylic acids is 1. The van der Waals surface area contributed by atoms with E-state index < -0.39 is 11.5 Å². The molecule has 4 heteroatoms. The zero-order chi connectivity index (χ0) is 12.3. The number of hydrogen-bond acceptors (Lipinski definition) is 3. The van der Waals surface area contributed by atoms with Crippen LogP contribution in [0.4, 0.5) is 0 Å². The first-order valence-corrected chi connectivity index (χ1v) is 7.00. The molecule has 2 N–H and O–H groups in total. The highest BCUT2D eigenvalue weighted by molar-refractivity contribution is 7.98. The lowest BCUT2D eigenvalue weighted by Crippen LogP contribution is -2.56. The van der Waals surface area contributed by atoms with E-state index in [0.29, 0.717) is 6.54 Å². The summed E-state index contributed by atoms with van der Waals surface area (Å²) in [5.74, 6) is -0.718. The van der Waals surface area contributed by atoms with Crippen LogP contribution in [0.2, 0.25) is 0 Å². The number of benzene rings is 1. The summed E-state index contributed by atoms with van der Waals surface area (Å²) in [5.41, 5.74) is 0.466. The van der Waals surface area contributed by atoms with Crippen LogP contribution in [0.25, 0.3) is 0 Å². The van der Waals surface area contributed by atoms with Crippen LogP contribution in [-0.2, 0) is 11.3 Å². The fraction of sp³-hybridized carbons (Fsp3) is 0.462. The quantitative estimate of drug-likeness (QED) is 0.789. The molecule has 2 rings (SSSR count). The van der Waals surface area contributed by atoms with Crippen LogP contribution in [-0.4, -0.2) is 22.9 Å². The molecule has 0 aliphatic heterocycles. The van der Waals surface area contributed by atoms with E-state index in [1.165, 1.54) is 4.90 Å². The second-order valence-corrected chi connectivity index (χ2v) is 5.32. The molecule has 0 atom stereocenters. The fourth-order valence-electron chi connectivity index (χ4n) is 2.01. The lowest BCUT2D eigenvalue weighted by molar-refractivity contribution is -0.148. The number of carbonyl (C=O) groups is 1. The minimum atomic E-state index is -0.718. The number of hydrogen-bond donors (Lipinski definition) is 2. The Morgan fingerprint density at radius 1 is 1.41 bits per heavy atom. The zero-order valence-electron chi connectivity index (χ0n) is 9.90. The maximum absolute atomic E-state index is 11.2. The van der Waals surface area contributed by atoms with Gasteiger partial charge in [0, 0.05) is 11.4 Å². The van der Waals surface area contributed by atoms with Crippen molar-refractivity contribution < 1.29 is 9.90 Å². The SMILES string of the molecule is CSc1ccc(CNC2(C(=O)O)CCC2)cc1. The van der Waals surface area contributed by atoms with Gasteiger partial charge in [0.05, 0.1) is 0 Å². The summed E-state index contributed by atoms with van der Waals surface area (Å²) >= 11 is 1.71. The van der Waals surface area contributed by atoms with Crippen molar-refractivity contribution in [1.29, 1.82) is 0 Å². The Labute approximate surface area is 106 Å². The third-order valence-electron chi connectivity index (χ3n) is 3.41. The van der Waals surface area contributed by atoms with Crippen molar-refractivity contribution >= 4 is 17.7 Å². The molecule has 0 amide bonds. The summed E-state index contributed by atoms with van der Waals surface area (Å²) in [6.07, 6.45) is 4.53. The Morgan fingerprint density at radius 2 is 2.06 bits per heavy atom. The lowest BCUT2D eigenvalue weighted by Gasteiger charge is -2.38. The third kappa shape index (κ3) is 2.64. The van der Waals surface area contributed by atoms with Crippen LogP contribution < -0.4 is 5.32 Å². The van der Waals surface area contributed by atoms with Gasteiger partial charge in [0.15, 0.2) is 0 Å². The van der Waals surface area contributed by atoms with Gasteiger partial charge in [0.2, 0.25) is 0 Å². The van der Waals surface area contributed by atoms with Crippen molar-refractivity contribution in [3.05, 3.63) is 29.8 Å². The first kappa shape index (κ1) is 12.5. The number of nitrogens with one attached hydrogen (secondary N) is 1. The molecule has 1 aromatic carbocycles. The van der Waals surface area contributed by atoms with Crippen LogP contribution in [0.3, 0.4) is 0 Å². The van der Waals surface area contributed by atoms with E-state index >= 15 is 0 Å². The summed E-state index contributed by atoms with van der Waals surface area (Å²) in [5, 5.41) is 12.4. The molecule has 17 heavy (non-hydrogen) atoms. The third-order valence-corrected chi connectivity index (χ3v) is 4.15. The van der Waals surface area contributed by atoms with Gasteiger partial charge in [-0.2, -0.15) is 0 Å². The second kappa shape index (κ2) is 5.10. The Bertz CT molecular complexity index is 398. The van der Waals surface area contributed by atoms with Gasteiger partial charge in [-0.15, -0.1) is 11.8 Å². The zero-order valence-corrected chi connectivity index (χ0v) is 10.7. The summed E-state index contributed by atoms with van der Waals surface area (Å²) in [6.45, 7) is 0.626. The predicted octanol–water partition coefficient (Wildman–Crippen LogP) is 2.51. The molecule has 3 nitrogen and oxygen atoms in total. The average molecular weight is 251 g/mol. The fourth-order valence-corrected chi connectivity index (χ4v) is 2.42. The Hall–Kier alpha value is -1.00. The molecule has 0 heterocycles. The maximum atomic E-state index is 11.2. The molecule has 1 saturated carbocycles. The van der Waals surface area contributed by atoms with E-state index in [1.807, 2.05) is 18.4 Å². The molecule has 1 aliphatic carbocycles. The summed E-state index contributed by atoms with van der Waals surface area (Å²) in [6, 6.07) is 8.23. The van der Waals surface area contributed by atoms with Crippen LogP contribution >= 0.6 is 11.8 Å². The van der Waals surface area contributed by atoms with Gasteiger partial charge < -0.3 is 5.11 Å². The molecule has 1 fully saturated rings. The van der Waals surface area contributed by atoms with Gasteiger partial charge in [-0.3, -0.25) is 10.1 Å². The first-order chi connectivity index (χ1) is 8.16. The van der Waals surface area contributed by atoms with Crippen LogP contribution in [0.5, 0.6) is 0 Å². The number of aliphatic carboxylic acids is 1. The van der Waals surface area contributed by atoms with Gasteiger partial charge in [-0.05, 0) is 43.2 Å². The second-order valence-electron chi connectivity index (χ2n) is 4.44. The molecule has 0 aromatic heterocycles. The Morgan fingerprint density at radius 3 is 2.47 bits per heavy atom. The highest BCUT2D eigenvalue weighted by atomic mass is 32.2. The summed E-state index contributed by atoms with van der Waals surface area (Å²) in [7, 11) is 0. The normalized spacial score (nSPS) is 17.5. The number of thioether (sulfide) groups is 1. The Kier molecular flexibility index (Phi) is 3.74. The van der Waals surface area contributed by atoms with Crippen molar-refractivity contribution in [2.45, 2.75) is 36.2 Å². The van der Waals surface area contributed by atoms with E-state index in [9.17, 15) is 9.90 Å². The maximum Gasteiger partial charge on any atom is 0.323 e. The molecule has 0 bridgehead atoms. The van der Waals surface area contributed by atoms with E-state index in [2.05, 4.69) is 17.4 Å². The monoisotopic (exact) mass is 251 g/mol. The minimum Gasteiger partial charge on any atom is -0.480 e. The first-order valence-electron chi connectivity index (χ1n) is 5.78. The molecular weight excluding hydrogens is 234 g/mol. The average Bonchev–Trinajstić information content (AvgIpc) is 2.28. The van der Waals surface area contributed by atoms with Gasteiger partial charge in [0.1, 0.15) is 5.54 Å². The smallest absolute Gasteiger partial charge is 0.323 e. The van der Waals surface area contributed by atoms with Gasteiger partial charge >= 0.3 is 5.97 Å². The largest absolute Gasteiger partial charge is 0.480 e. The van der Waals surface area contributed by atoms with Crippen molar-refractivity contribution in [3.63, 3.8) is 0 Å². The molecule has 0 unspecified atom stereocenters. The molecule has 0 saturated heterocycles. The summed E-state index contributed by atoms with van der Waals surface area (Å²) in [4.78, 5) is 12.4.